The van der Waals surface area contributed by atoms with Crippen molar-refractivity contribution in [3.63, 3.8) is 0 Å². The number of alkyl halides is 1. The van der Waals surface area contributed by atoms with Gasteiger partial charge in [0.25, 0.3) is 0 Å². The summed E-state index contributed by atoms with van der Waals surface area (Å²) >= 11 is 5.83. The van der Waals surface area contributed by atoms with E-state index in [-0.39, 0.29) is 0 Å². The summed E-state index contributed by atoms with van der Waals surface area (Å²) in [6, 6.07) is 9.07. The van der Waals surface area contributed by atoms with E-state index in [2.05, 4.69) is 50.7 Å². The van der Waals surface area contributed by atoms with Gasteiger partial charge >= 0.3 is 0 Å². The average Bonchev–Trinajstić information content (AvgIpc) is 3.02. The number of aromatic amines is 1. The Morgan fingerprint density at radius 1 is 1.21 bits per heavy atom. The molecule has 0 saturated heterocycles. The van der Waals surface area contributed by atoms with Crippen molar-refractivity contribution in [3.05, 3.63) is 42.1 Å². The van der Waals surface area contributed by atoms with Crippen LogP contribution in [0.3, 0.4) is 0 Å². The predicted octanol–water partition coefficient (Wildman–Crippen LogP) is 2.76. The summed E-state index contributed by atoms with van der Waals surface area (Å²) in [7, 11) is 0. The summed E-state index contributed by atoms with van der Waals surface area (Å²) in [4.78, 5) is 2.22. The molecular formula is C14H15ClN4. The molecule has 2 heterocycles. The number of rotatable bonds is 3. The molecule has 1 aromatic carbocycles. The average molecular weight is 275 g/mol. The molecule has 0 spiro atoms. The topological polar surface area (TPSA) is 44.8 Å². The van der Waals surface area contributed by atoms with Gasteiger partial charge in [0.2, 0.25) is 0 Å². The van der Waals surface area contributed by atoms with Gasteiger partial charge in [0, 0.05) is 18.7 Å². The second kappa shape index (κ2) is 5.55. The van der Waals surface area contributed by atoms with Crippen LogP contribution in [0.15, 0.2) is 36.5 Å². The molecule has 0 bridgehead atoms. The van der Waals surface area contributed by atoms with Crippen molar-refractivity contribution in [2.45, 2.75) is 6.42 Å². The summed E-state index contributed by atoms with van der Waals surface area (Å²) in [5, 5.41) is 10.5. The highest BCUT2D eigenvalue weighted by Crippen LogP contribution is 2.24. The van der Waals surface area contributed by atoms with Gasteiger partial charge in [-0.25, -0.2) is 0 Å². The fourth-order valence-corrected chi connectivity index (χ4v) is 2.49. The van der Waals surface area contributed by atoms with Gasteiger partial charge in [0.1, 0.15) is 5.69 Å². The molecule has 0 radical (unpaired) electrons. The highest BCUT2D eigenvalue weighted by molar-refractivity contribution is 6.17. The lowest BCUT2D eigenvalue weighted by atomic mass is 9.98. The van der Waals surface area contributed by atoms with Crippen molar-refractivity contribution >= 4 is 17.2 Å². The SMILES string of the molecule is ClCN1CC=C(c2ccc(-c3cn[nH]n3)cc2)CC1. The van der Waals surface area contributed by atoms with Gasteiger partial charge in [-0.05, 0) is 17.6 Å². The lowest BCUT2D eigenvalue weighted by Crippen LogP contribution is -2.27. The highest BCUT2D eigenvalue weighted by atomic mass is 35.5. The second-order valence-electron chi connectivity index (χ2n) is 4.61. The monoisotopic (exact) mass is 274 g/mol. The molecular weight excluding hydrogens is 260 g/mol. The Morgan fingerprint density at radius 2 is 2.00 bits per heavy atom. The van der Waals surface area contributed by atoms with Crippen LogP contribution in [-0.2, 0) is 0 Å². The molecule has 1 aromatic heterocycles. The zero-order valence-corrected chi connectivity index (χ0v) is 11.3. The summed E-state index contributed by atoms with van der Waals surface area (Å²) in [6.07, 6.45) is 5.04. The molecule has 0 unspecified atom stereocenters. The zero-order chi connectivity index (χ0) is 13.1. The molecule has 5 heteroatoms. The van der Waals surface area contributed by atoms with E-state index in [1.807, 2.05) is 0 Å². The van der Waals surface area contributed by atoms with Crippen molar-refractivity contribution in [1.82, 2.24) is 20.3 Å². The third-order valence-corrected chi connectivity index (χ3v) is 3.77. The van der Waals surface area contributed by atoms with Crippen molar-refractivity contribution in [1.29, 1.82) is 0 Å². The maximum absolute atomic E-state index is 5.83. The van der Waals surface area contributed by atoms with Crippen molar-refractivity contribution < 1.29 is 0 Å². The zero-order valence-electron chi connectivity index (χ0n) is 10.5. The van der Waals surface area contributed by atoms with Crippen LogP contribution in [0.5, 0.6) is 0 Å². The predicted molar refractivity (Wildman–Crippen MR) is 76.7 cm³/mol. The number of hydrogen-bond acceptors (Lipinski definition) is 3. The third-order valence-electron chi connectivity index (χ3n) is 3.43. The summed E-state index contributed by atoms with van der Waals surface area (Å²) in [6.45, 7) is 1.96. The Bertz CT molecular complexity index is 560. The van der Waals surface area contributed by atoms with E-state index in [1.165, 1.54) is 11.1 Å². The molecule has 1 N–H and O–H groups in total. The largest absolute Gasteiger partial charge is 0.286 e. The van der Waals surface area contributed by atoms with E-state index in [9.17, 15) is 0 Å². The maximum atomic E-state index is 5.83. The van der Waals surface area contributed by atoms with Crippen LogP contribution in [0.4, 0.5) is 0 Å². The Hall–Kier alpha value is -1.65. The summed E-state index contributed by atoms with van der Waals surface area (Å²) < 4.78 is 0. The van der Waals surface area contributed by atoms with Crippen molar-refractivity contribution in [2.75, 3.05) is 19.1 Å². The van der Waals surface area contributed by atoms with Crippen LogP contribution in [0, 0.1) is 0 Å². The number of nitrogens with zero attached hydrogens (tertiary/aromatic N) is 3. The highest BCUT2D eigenvalue weighted by Gasteiger charge is 2.12. The van der Waals surface area contributed by atoms with E-state index in [0.717, 1.165) is 30.8 Å². The van der Waals surface area contributed by atoms with Gasteiger partial charge in [-0.15, -0.1) is 11.6 Å². The molecule has 0 atom stereocenters. The molecule has 1 aliphatic rings. The van der Waals surface area contributed by atoms with E-state index in [4.69, 9.17) is 11.6 Å². The fraction of sp³-hybridized carbons (Fsp3) is 0.286. The van der Waals surface area contributed by atoms with Gasteiger partial charge in [0.15, 0.2) is 0 Å². The van der Waals surface area contributed by atoms with Gasteiger partial charge in [0.05, 0.1) is 12.2 Å². The number of halogens is 1. The molecule has 0 amide bonds. The number of benzene rings is 1. The first-order chi connectivity index (χ1) is 9.36. The van der Waals surface area contributed by atoms with Gasteiger partial charge in [-0.2, -0.15) is 15.4 Å². The van der Waals surface area contributed by atoms with E-state index < -0.39 is 0 Å². The van der Waals surface area contributed by atoms with Gasteiger partial charge in [-0.3, -0.25) is 4.90 Å². The fourth-order valence-electron chi connectivity index (χ4n) is 2.28. The quantitative estimate of drug-likeness (QED) is 0.691. The Labute approximate surface area is 117 Å². The summed E-state index contributed by atoms with van der Waals surface area (Å²) in [5.41, 5.74) is 4.63. The molecule has 4 nitrogen and oxygen atoms in total. The minimum absolute atomic E-state index is 0.606. The van der Waals surface area contributed by atoms with Crippen LogP contribution in [0.2, 0.25) is 0 Å². The minimum Gasteiger partial charge on any atom is -0.286 e. The standard InChI is InChI=1S/C14H15ClN4/c15-10-19-7-5-12(6-8-19)11-1-3-13(4-2-11)14-9-16-18-17-14/h1-5,9H,6-8,10H2,(H,16,17,18). The van der Waals surface area contributed by atoms with Crippen LogP contribution < -0.4 is 0 Å². The molecule has 0 fully saturated rings. The van der Waals surface area contributed by atoms with Crippen LogP contribution in [0.25, 0.3) is 16.8 Å². The first-order valence-corrected chi connectivity index (χ1v) is 6.84. The lowest BCUT2D eigenvalue weighted by molar-refractivity contribution is 0.352. The Morgan fingerprint density at radius 3 is 2.58 bits per heavy atom. The Kier molecular flexibility index (Phi) is 3.62. The molecule has 0 saturated carbocycles. The number of aromatic nitrogens is 3. The normalized spacial score (nSPS) is 16.4. The number of nitrogens with one attached hydrogen (secondary N) is 1. The first-order valence-electron chi connectivity index (χ1n) is 6.31. The maximum Gasteiger partial charge on any atom is 0.112 e. The minimum atomic E-state index is 0.606. The van der Waals surface area contributed by atoms with E-state index in [0.29, 0.717) is 6.00 Å². The molecule has 1 aliphatic heterocycles. The van der Waals surface area contributed by atoms with Crippen LogP contribution >= 0.6 is 11.6 Å². The van der Waals surface area contributed by atoms with Crippen LogP contribution in [0.1, 0.15) is 12.0 Å². The van der Waals surface area contributed by atoms with Crippen molar-refractivity contribution in [2.24, 2.45) is 0 Å². The van der Waals surface area contributed by atoms with E-state index >= 15 is 0 Å². The Balaban J connectivity index is 1.78. The number of H-pyrrole nitrogens is 1. The lowest BCUT2D eigenvalue weighted by Gasteiger charge is -2.24. The number of hydrogen-bond donors (Lipinski definition) is 1. The molecule has 2 aromatic rings. The molecule has 98 valence electrons. The third kappa shape index (κ3) is 2.69. The smallest absolute Gasteiger partial charge is 0.112 e. The first kappa shape index (κ1) is 12.4. The van der Waals surface area contributed by atoms with Gasteiger partial charge in [-0.1, -0.05) is 30.3 Å². The van der Waals surface area contributed by atoms with Gasteiger partial charge < -0.3 is 0 Å². The van der Waals surface area contributed by atoms with E-state index in [1.54, 1.807) is 6.20 Å². The molecule has 19 heavy (non-hydrogen) atoms. The summed E-state index contributed by atoms with van der Waals surface area (Å²) in [5.74, 6) is 0. The molecule has 3 rings (SSSR count). The van der Waals surface area contributed by atoms with Crippen LogP contribution in [-0.4, -0.2) is 39.4 Å². The second-order valence-corrected chi connectivity index (χ2v) is 4.85. The van der Waals surface area contributed by atoms with Crippen molar-refractivity contribution in [3.8, 4) is 11.3 Å². The molecule has 0 aliphatic carbocycles.